The number of oxime groups is 1. The van der Waals surface area contributed by atoms with Gasteiger partial charge in [0.25, 0.3) is 0 Å². The van der Waals surface area contributed by atoms with Gasteiger partial charge < -0.3 is 10.5 Å². The van der Waals surface area contributed by atoms with Gasteiger partial charge in [0.1, 0.15) is 0 Å². The molecule has 0 aromatic rings. The van der Waals surface area contributed by atoms with Crippen LogP contribution in [0.5, 0.6) is 0 Å². The Bertz CT molecular complexity index is 865. The van der Waals surface area contributed by atoms with Gasteiger partial charge >= 0.3 is 0 Å². The zero-order valence-electron chi connectivity index (χ0n) is 17.3. The lowest BCUT2D eigenvalue weighted by atomic mass is 9.80. The zero-order chi connectivity index (χ0) is 20.5. The van der Waals surface area contributed by atoms with Gasteiger partial charge in [-0.1, -0.05) is 66.8 Å². The van der Waals surface area contributed by atoms with Crippen LogP contribution in [0, 0.1) is 11.8 Å². The first-order chi connectivity index (χ1) is 14.2. The highest BCUT2D eigenvalue weighted by atomic mass is 16.4. The minimum atomic E-state index is 0.265. The average Bonchev–Trinajstić information content (AvgIpc) is 3.12. The van der Waals surface area contributed by atoms with E-state index in [2.05, 4.69) is 64.9 Å². The van der Waals surface area contributed by atoms with Crippen LogP contribution in [0.25, 0.3) is 0 Å². The molecule has 5 nitrogen and oxygen atoms in total. The first-order valence-electron chi connectivity index (χ1n) is 10.3. The van der Waals surface area contributed by atoms with Crippen molar-refractivity contribution in [1.82, 2.24) is 5.32 Å². The summed E-state index contributed by atoms with van der Waals surface area (Å²) in [5.74, 6) is 1.26. The van der Waals surface area contributed by atoms with Crippen LogP contribution < -0.4 is 5.32 Å². The van der Waals surface area contributed by atoms with Crippen LogP contribution in [0.1, 0.15) is 39.5 Å². The molecule has 2 N–H and O–H groups in total. The van der Waals surface area contributed by atoms with E-state index >= 15 is 0 Å². The molecule has 1 heterocycles. The minimum absolute atomic E-state index is 0.265. The van der Waals surface area contributed by atoms with Crippen LogP contribution >= 0.6 is 0 Å². The predicted molar refractivity (Wildman–Crippen MR) is 122 cm³/mol. The molecule has 1 aliphatic heterocycles. The predicted octanol–water partition coefficient (Wildman–Crippen LogP) is 5.11. The first kappa shape index (κ1) is 20.8. The smallest absolute Gasteiger partial charge is 0.222 e. The SMILES string of the molecule is C/C=C\C=C/C(C)CNC1=NC2=C(CC=N1)/C(=N/O)C[C@@H](C1=CCC=CC=C1)C2. The summed E-state index contributed by atoms with van der Waals surface area (Å²) in [6, 6.07) is 0. The van der Waals surface area contributed by atoms with Gasteiger partial charge in [0.15, 0.2) is 0 Å². The summed E-state index contributed by atoms with van der Waals surface area (Å²) >= 11 is 0. The Kier molecular flexibility index (Phi) is 7.56. The van der Waals surface area contributed by atoms with Gasteiger partial charge in [0.05, 0.1) is 11.4 Å². The molecule has 0 amide bonds. The Morgan fingerprint density at radius 1 is 1.31 bits per heavy atom. The number of nitrogens with one attached hydrogen (secondary N) is 1. The molecular formula is C24H30N4O. The zero-order valence-corrected chi connectivity index (χ0v) is 17.3. The molecule has 0 fully saturated rings. The van der Waals surface area contributed by atoms with E-state index in [0.717, 1.165) is 42.8 Å². The van der Waals surface area contributed by atoms with Gasteiger partial charge in [-0.05, 0) is 37.2 Å². The monoisotopic (exact) mass is 390 g/mol. The molecule has 29 heavy (non-hydrogen) atoms. The molecule has 152 valence electrons. The molecule has 0 saturated carbocycles. The highest BCUT2D eigenvalue weighted by Crippen LogP contribution is 2.36. The highest BCUT2D eigenvalue weighted by molar-refractivity contribution is 6.05. The van der Waals surface area contributed by atoms with Crippen LogP contribution in [-0.2, 0) is 0 Å². The second-order valence-corrected chi connectivity index (χ2v) is 7.52. The van der Waals surface area contributed by atoms with Gasteiger partial charge in [-0.2, -0.15) is 0 Å². The van der Waals surface area contributed by atoms with Crippen molar-refractivity contribution in [2.24, 2.45) is 27.0 Å². The lowest BCUT2D eigenvalue weighted by Crippen LogP contribution is -2.27. The second-order valence-electron chi connectivity index (χ2n) is 7.52. The largest absolute Gasteiger partial charge is 0.411 e. The summed E-state index contributed by atoms with van der Waals surface area (Å²) in [6.07, 6.45) is 23.9. The quantitative estimate of drug-likeness (QED) is 0.389. The molecule has 0 aromatic heterocycles. The third-order valence-corrected chi connectivity index (χ3v) is 5.27. The standard InChI is InChI=1S/C24H30N4O/c1-3-4-7-10-18(2)17-26-24-25-14-13-21-22(27-24)15-20(16-23(21)28-29)19-11-8-5-6-9-12-19/h3-8,10-12,14,18,20,29H,9,13,15-17H2,1-2H3,(H,26,27)/b4-3-,10-7-,28-23+/t18?,20-/m0/s1. The van der Waals surface area contributed by atoms with Crippen LogP contribution in [-0.4, -0.2) is 29.6 Å². The van der Waals surface area contributed by atoms with Crippen LogP contribution in [0.15, 0.2) is 86.7 Å². The fraction of sp³-hybridized carbons (Fsp3) is 0.375. The number of aliphatic imine (C=N–C) groups is 2. The maximum Gasteiger partial charge on any atom is 0.222 e. The summed E-state index contributed by atoms with van der Waals surface area (Å²) in [6.45, 7) is 4.92. The average molecular weight is 391 g/mol. The summed E-state index contributed by atoms with van der Waals surface area (Å²) in [5, 5.41) is 16.6. The normalized spacial score (nSPS) is 24.5. The van der Waals surface area contributed by atoms with Gasteiger partial charge in [-0.25, -0.2) is 9.98 Å². The Morgan fingerprint density at radius 2 is 2.21 bits per heavy atom. The van der Waals surface area contributed by atoms with E-state index in [4.69, 9.17) is 4.99 Å². The van der Waals surface area contributed by atoms with Gasteiger partial charge in [-0.3, -0.25) is 0 Å². The molecule has 0 radical (unpaired) electrons. The van der Waals surface area contributed by atoms with Crippen molar-refractivity contribution in [2.45, 2.75) is 39.5 Å². The fourth-order valence-corrected chi connectivity index (χ4v) is 3.69. The maximum absolute atomic E-state index is 9.62. The molecule has 3 aliphatic rings. The molecule has 0 spiro atoms. The molecule has 2 atom stereocenters. The molecule has 1 unspecified atom stereocenters. The number of hydrogen-bond acceptors (Lipinski definition) is 5. The summed E-state index contributed by atoms with van der Waals surface area (Å²) < 4.78 is 0. The molecular weight excluding hydrogens is 360 g/mol. The van der Waals surface area contributed by atoms with Crippen LogP contribution in [0.2, 0.25) is 0 Å². The van der Waals surface area contributed by atoms with E-state index < -0.39 is 0 Å². The Balaban J connectivity index is 1.76. The van der Waals surface area contributed by atoms with Crippen LogP contribution in [0.3, 0.4) is 0 Å². The highest BCUT2D eigenvalue weighted by Gasteiger charge is 2.29. The molecule has 0 aromatic carbocycles. The lowest BCUT2D eigenvalue weighted by Gasteiger charge is -2.26. The molecule has 2 aliphatic carbocycles. The van der Waals surface area contributed by atoms with E-state index in [1.54, 1.807) is 0 Å². The van der Waals surface area contributed by atoms with E-state index in [1.807, 2.05) is 25.3 Å². The van der Waals surface area contributed by atoms with Crippen molar-refractivity contribution in [1.29, 1.82) is 0 Å². The van der Waals surface area contributed by atoms with E-state index in [1.165, 1.54) is 5.57 Å². The summed E-state index contributed by atoms with van der Waals surface area (Å²) in [7, 11) is 0. The number of nitrogens with zero attached hydrogens (tertiary/aromatic N) is 3. The van der Waals surface area contributed by atoms with E-state index in [0.29, 0.717) is 18.3 Å². The second kappa shape index (κ2) is 10.6. The topological polar surface area (TPSA) is 69.3 Å². The summed E-state index contributed by atoms with van der Waals surface area (Å²) in [4.78, 5) is 9.32. The van der Waals surface area contributed by atoms with Crippen molar-refractivity contribution in [3.8, 4) is 0 Å². The molecule has 0 bridgehead atoms. The van der Waals surface area contributed by atoms with Crippen molar-refractivity contribution in [2.75, 3.05) is 6.54 Å². The number of rotatable bonds is 5. The van der Waals surface area contributed by atoms with E-state index in [-0.39, 0.29) is 5.92 Å². The third-order valence-electron chi connectivity index (χ3n) is 5.27. The third kappa shape index (κ3) is 5.76. The number of hydrogen-bond donors (Lipinski definition) is 2. The van der Waals surface area contributed by atoms with E-state index in [9.17, 15) is 5.21 Å². The Hall–Kier alpha value is -2.95. The van der Waals surface area contributed by atoms with Crippen LogP contribution in [0.4, 0.5) is 0 Å². The van der Waals surface area contributed by atoms with Gasteiger partial charge in [-0.15, -0.1) is 0 Å². The minimum Gasteiger partial charge on any atom is -0.411 e. The number of allylic oxidation sites excluding steroid dienone is 11. The van der Waals surface area contributed by atoms with Gasteiger partial charge in [0, 0.05) is 31.2 Å². The molecule has 5 heteroatoms. The Morgan fingerprint density at radius 3 is 3.03 bits per heavy atom. The maximum atomic E-state index is 9.62. The summed E-state index contributed by atoms with van der Waals surface area (Å²) in [5.41, 5.74) is 3.97. The lowest BCUT2D eigenvalue weighted by molar-refractivity contribution is 0.316. The van der Waals surface area contributed by atoms with Crippen molar-refractivity contribution in [3.63, 3.8) is 0 Å². The van der Waals surface area contributed by atoms with Gasteiger partial charge in [0.2, 0.25) is 5.96 Å². The van der Waals surface area contributed by atoms with Crippen molar-refractivity contribution < 1.29 is 5.21 Å². The first-order valence-corrected chi connectivity index (χ1v) is 10.3. The Labute approximate surface area is 173 Å². The molecule has 3 rings (SSSR count). The van der Waals surface area contributed by atoms with Crippen molar-refractivity contribution >= 4 is 17.9 Å². The molecule has 0 saturated heterocycles. The van der Waals surface area contributed by atoms with Crippen molar-refractivity contribution in [3.05, 3.63) is 71.5 Å². The number of guanidine groups is 1. The fourth-order valence-electron chi connectivity index (χ4n) is 3.69.